The van der Waals surface area contributed by atoms with Crippen LogP contribution in [0.4, 0.5) is 0 Å². The van der Waals surface area contributed by atoms with E-state index in [0.717, 1.165) is 89.8 Å². The van der Waals surface area contributed by atoms with Crippen molar-refractivity contribution in [3.05, 3.63) is 69.0 Å². The maximum absolute atomic E-state index is 6.85. The summed E-state index contributed by atoms with van der Waals surface area (Å²) in [6.45, 7) is 5.99. The number of aryl methyl sites for hydroxylation is 2. The van der Waals surface area contributed by atoms with Crippen molar-refractivity contribution < 1.29 is 4.74 Å². The molecule has 0 aromatic carbocycles. The highest BCUT2D eigenvalue weighted by molar-refractivity contribution is 6.36. The Morgan fingerprint density at radius 2 is 2.11 bits per heavy atom. The van der Waals surface area contributed by atoms with Crippen LogP contribution < -0.4 is 5.32 Å². The molecule has 1 saturated heterocycles. The van der Waals surface area contributed by atoms with Crippen LogP contribution in [0.2, 0.25) is 5.02 Å². The minimum Gasteiger partial charge on any atom is -0.375 e. The first-order valence-electron chi connectivity index (χ1n) is 12.8. The molecule has 182 valence electrons. The van der Waals surface area contributed by atoms with Gasteiger partial charge >= 0.3 is 0 Å². The largest absolute Gasteiger partial charge is 0.375 e. The Morgan fingerprint density at radius 3 is 2.97 bits per heavy atom. The van der Waals surface area contributed by atoms with Crippen LogP contribution in [-0.2, 0) is 24.0 Å². The molecule has 2 N–H and O–H groups in total. The van der Waals surface area contributed by atoms with Crippen LogP contribution in [0.5, 0.6) is 0 Å². The molecule has 1 saturated carbocycles. The summed E-state index contributed by atoms with van der Waals surface area (Å²) in [6, 6.07) is 2.66. The topological polar surface area (TPSA) is 75.7 Å². The van der Waals surface area contributed by atoms with Crippen molar-refractivity contribution in [1.29, 1.82) is 0 Å². The molecule has 4 heterocycles. The molecular weight excluding hydrogens is 458 g/mol. The Morgan fingerprint density at radius 1 is 1.20 bits per heavy atom. The predicted octanol–water partition coefficient (Wildman–Crippen LogP) is 5.30. The van der Waals surface area contributed by atoms with Gasteiger partial charge in [0, 0.05) is 36.8 Å². The van der Waals surface area contributed by atoms with Gasteiger partial charge in [-0.15, -0.1) is 0 Å². The Bertz CT molecular complexity index is 1310. The van der Waals surface area contributed by atoms with E-state index in [9.17, 15) is 0 Å². The zero-order chi connectivity index (χ0) is 23.9. The van der Waals surface area contributed by atoms with Gasteiger partial charge in [0.05, 0.1) is 34.5 Å². The number of aromatic amines is 1. The third-order valence-electron chi connectivity index (χ3n) is 7.67. The number of nitrogens with zero attached hydrogens (tertiary/aromatic N) is 3. The number of aromatic nitrogens is 4. The lowest BCUT2D eigenvalue weighted by molar-refractivity contribution is 0.0109. The molecule has 3 aromatic heterocycles. The molecule has 0 radical (unpaired) electrons. The van der Waals surface area contributed by atoms with Gasteiger partial charge in [0.15, 0.2) is 0 Å². The third kappa shape index (κ3) is 4.44. The number of allylic oxidation sites excluding steroid dienone is 3. The van der Waals surface area contributed by atoms with Gasteiger partial charge < -0.3 is 15.0 Å². The Kier molecular flexibility index (Phi) is 6.21. The van der Waals surface area contributed by atoms with Crippen LogP contribution in [0.1, 0.15) is 73.1 Å². The summed E-state index contributed by atoms with van der Waals surface area (Å²) in [5.41, 5.74) is 7.81. The van der Waals surface area contributed by atoms with Gasteiger partial charge in [-0.3, -0.25) is 4.98 Å². The molecule has 3 aliphatic rings. The first kappa shape index (κ1) is 22.9. The summed E-state index contributed by atoms with van der Waals surface area (Å²) in [5, 5.41) is 5.38. The first-order valence-corrected chi connectivity index (χ1v) is 13.2. The van der Waals surface area contributed by atoms with Crippen LogP contribution in [0.25, 0.3) is 17.1 Å². The molecule has 2 fully saturated rings. The number of ether oxygens (including phenoxy) is 1. The van der Waals surface area contributed by atoms with E-state index >= 15 is 0 Å². The minimum atomic E-state index is 0.244. The van der Waals surface area contributed by atoms with Gasteiger partial charge in [-0.1, -0.05) is 42.3 Å². The highest BCUT2D eigenvalue weighted by atomic mass is 35.5. The number of hydrogen-bond acceptors (Lipinski definition) is 5. The van der Waals surface area contributed by atoms with E-state index in [0.29, 0.717) is 18.4 Å². The molecule has 3 aromatic rings. The molecule has 0 spiro atoms. The van der Waals surface area contributed by atoms with E-state index in [1.807, 2.05) is 6.20 Å². The smallest absolute Gasteiger partial charge is 0.143 e. The Balaban J connectivity index is 1.36. The fourth-order valence-corrected chi connectivity index (χ4v) is 6.16. The molecule has 2 aliphatic carbocycles. The van der Waals surface area contributed by atoms with Gasteiger partial charge in [0.2, 0.25) is 0 Å². The second-order valence-corrected chi connectivity index (χ2v) is 10.5. The quantitative estimate of drug-likeness (QED) is 0.520. The van der Waals surface area contributed by atoms with Crippen molar-refractivity contribution in [3.63, 3.8) is 0 Å². The number of halogens is 1. The standard InChI is InChI=1S/C28H32ClN5O/c1-3-20-26(29)25-27(19-13-22-23(14-19)35-10-9-30-22)33-24(34-28(25)32-20)12-17-11-18-8-7-16(2)5-4-6-21(18)31-15-17/h4-6,11,15,19,22-23,30H,3,7-10,12-14H2,1-2H3,(H,32,33,34). The second kappa shape index (κ2) is 9.49. The zero-order valence-electron chi connectivity index (χ0n) is 20.4. The van der Waals surface area contributed by atoms with Crippen LogP contribution in [0.3, 0.4) is 0 Å². The van der Waals surface area contributed by atoms with E-state index in [-0.39, 0.29) is 6.10 Å². The summed E-state index contributed by atoms with van der Waals surface area (Å²) in [5.74, 6) is 1.11. The lowest BCUT2D eigenvalue weighted by Gasteiger charge is -2.26. The maximum Gasteiger partial charge on any atom is 0.143 e. The molecule has 0 amide bonds. The van der Waals surface area contributed by atoms with Gasteiger partial charge in [0.1, 0.15) is 11.5 Å². The van der Waals surface area contributed by atoms with Crippen molar-refractivity contribution in [2.45, 2.75) is 70.4 Å². The second-order valence-electron chi connectivity index (χ2n) is 10.1. The maximum atomic E-state index is 6.85. The Hall–Kier alpha value is -2.54. The average Bonchev–Trinajstić information content (AvgIpc) is 3.43. The van der Waals surface area contributed by atoms with Crippen LogP contribution in [0.15, 0.2) is 30.0 Å². The molecular formula is C28H32ClN5O. The SMILES string of the molecule is CCc1[nH]c2nc(Cc3cnc4c(c3)CCC(C)=CC=C4)nc(C3CC4NCCOC4C3)c2c1Cl. The predicted molar refractivity (Wildman–Crippen MR) is 140 cm³/mol. The van der Waals surface area contributed by atoms with Crippen LogP contribution in [-0.4, -0.2) is 45.2 Å². The lowest BCUT2D eigenvalue weighted by atomic mass is 9.98. The number of rotatable bonds is 4. The molecule has 6 rings (SSSR count). The summed E-state index contributed by atoms with van der Waals surface area (Å²) in [4.78, 5) is 18.3. The van der Waals surface area contributed by atoms with Crippen molar-refractivity contribution >= 4 is 28.7 Å². The molecule has 3 unspecified atom stereocenters. The van der Waals surface area contributed by atoms with Crippen molar-refractivity contribution in [2.75, 3.05) is 13.2 Å². The van der Waals surface area contributed by atoms with Crippen molar-refractivity contribution in [1.82, 2.24) is 25.3 Å². The van der Waals surface area contributed by atoms with E-state index in [2.05, 4.69) is 48.4 Å². The highest BCUT2D eigenvalue weighted by Crippen LogP contribution is 2.41. The van der Waals surface area contributed by atoms with Crippen molar-refractivity contribution in [3.8, 4) is 0 Å². The van der Waals surface area contributed by atoms with E-state index < -0.39 is 0 Å². The van der Waals surface area contributed by atoms with Crippen LogP contribution >= 0.6 is 11.6 Å². The van der Waals surface area contributed by atoms with E-state index in [1.165, 1.54) is 11.1 Å². The molecule has 1 aliphatic heterocycles. The third-order valence-corrected chi connectivity index (χ3v) is 8.08. The van der Waals surface area contributed by atoms with Gasteiger partial charge in [-0.2, -0.15) is 0 Å². The number of morpholine rings is 1. The number of H-pyrrole nitrogens is 1. The molecule has 7 heteroatoms. The monoisotopic (exact) mass is 489 g/mol. The zero-order valence-corrected chi connectivity index (χ0v) is 21.2. The average molecular weight is 490 g/mol. The van der Waals surface area contributed by atoms with Gasteiger partial charge in [0.25, 0.3) is 0 Å². The van der Waals surface area contributed by atoms with E-state index in [4.69, 9.17) is 31.3 Å². The minimum absolute atomic E-state index is 0.244. The van der Waals surface area contributed by atoms with Crippen molar-refractivity contribution in [2.24, 2.45) is 0 Å². The number of nitrogens with one attached hydrogen (secondary N) is 2. The number of pyridine rings is 1. The number of hydrogen-bond donors (Lipinski definition) is 2. The summed E-state index contributed by atoms with van der Waals surface area (Å²) < 4.78 is 6.06. The normalized spacial score (nSPS) is 24.1. The Labute approximate surface area is 211 Å². The fraction of sp³-hybridized carbons (Fsp3) is 0.464. The lowest BCUT2D eigenvalue weighted by Crippen LogP contribution is -2.44. The van der Waals surface area contributed by atoms with Gasteiger partial charge in [-0.25, -0.2) is 9.97 Å². The fourth-order valence-electron chi connectivity index (χ4n) is 5.79. The molecule has 0 bridgehead atoms. The summed E-state index contributed by atoms with van der Waals surface area (Å²) in [7, 11) is 0. The van der Waals surface area contributed by atoms with Gasteiger partial charge in [-0.05, 0) is 56.2 Å². The van der Waals surface area contributed by atoms with E-state index in [1.54, 1.807) is 0 Å². The molecule has 3 atom stereocenters. The summed E-state index contributed by atoms with van der Waals surface area (Å²) >= 11 is 6.85. The number of fused-ring (bicyclic) bond motifs is 3. The summed E-state index contributed by atoms with van der Waals surface area (Å²) in [6.07, 6.45) is 14.1. The first-order chi connectivity index (χ1) is 17.1. The molecule has 6 nitrogen and oxygen atoms in total. The molecule has 35 heavy (non-hydrogen) atoms. The highest BCUT2D eigenvalue weighted by Gasteiger charge is 2.39. The van der Waals surface area contributed by atoms with Crippen LogP contribution in [0, 0.1) is 0 Å².